The van der Waals surface area contributed by atoms with Crippen LogP contribution in [0.1, 0.15) is 69.1 Å². The van der Waals surface area contributed by atoms with E-state index in [1.165, 1.54) is 6.92 Å². The molecule has 0 spiro atoms. The van der Waals surface area contributed by atoms with E-state index in [0.717, 1.165) is 44.1 Å². The zero-order valence-corrected chi connectivity index (χ0v) is 18.8. The summed E-state index contributed by atoms with van der Waals surface area (Å²) in [4.78, 5) is 32.9. The minimum atomic E-state index is -0.595. The predicted octanol–water partition coefficient (Wildman–Crippen LogP) is 2.97. The maximum absolute atomic E-state index is 12.4. The fourth-order valence-electron chi connectivity index (χ4n) is 4.23. The number of hydrogen-bond donors (Lipinski definition) is 2. The molecule has 1 fully saturated rings. The molecule has 1 aliphatic rings. The maximum Gasteiger partial charge on any atom is 0.248 e. The molecule has 33 heavy (non-hydrogen) atoms. The van der Waals surface area contributed by atoms with Gasteiger partial charge < -0.3 is 9.84 Å². The number of carbonyl (C=O) groups excluding carboxylic acids is 2. The molecule has 2 heterocycles. The Morgan fingerprint density at radius 2 is 1.88 bits per heavy atom. The number of rotatable bonds is 8. The Balaban J connectivity index is 1.32. The highest BCUT2D eigenvalue weighted by Gasteiger charge is 2.38. The highest BCUT2D eigenvalue weighted by Crippen LogP contribution is 2.34. The number of benzene rings is 1. The van der Waals surface area contributed by atoms with Gasteiger partial charge in [-0.05, 0) is 18.4 Å². The SMILES string of the molecule is CC(=O)NC1(c2noc(CCC(=O)Nc3ncn(Cc4ccccc4)n3)n2)CCCCCC1. The number of aryl methyl sites for hydroxylation is 1. The van der Waals surface area contributed by atoms with E-state index in [9.17, 15) is 9.59 Å². The van der Waals surface area contributed by atoms with Crippen molar-refractivity contribution in [1.29, 1.82) is 0 Å². The van der Waals surface area contributed by atoms with Crippen molar-refractivity contribution in [1.82, 2.24) is 30.2 Å². The molecule has 10 heteroatoms. The molecule has 2 aromatic heterocycles. The maximum atomic E-state index is 12.4. The molecule has 0 unspecified atom stereocenters. The second-order valence-electron chi connectivity index (χ2n) is 8.49. The molecule has 174 valence electrons. The molecule has 0 aliphatic heterocycles. The van der Waals surface area contributed by atoms with Crippen LogP contribution in [-0.4, -0.2) is 36.7 Å². The zero-order valence-electron chi connectivity index (χ0n) is 18.8. The normalized spacial score (nSPS) is 15.5. The zero-order chi connectivity index (χ0) is 23.1. The first-order valence-electron chi connectivity index (χ1n) is 11.4. The molecule has 2 amide bonds. The lowest BCUT2D eigenvalue weighted by Gasteiger charge is -2.30. The van der Waals surface area contributed by atoms with Gasteiger partial charge in [0.25, 0.3) is 0 Å². The summed E-state index contributed by atoms with van der Waals surface area (Å²) in [5.74, 6) is 0.776. The minimum Gasteiger partial charge on any atom is -0.343 e. The van der Waals surface area contributed by atoms with Crippen LogP contribution in [0, 0.1) is 0 Å². The third kappa shape index (κ3) is 6.03. The van der Waals surface area contributed by atoms with Crippen LogP contribution >= 0.6 is 0 Å². The van der Waals surface area contributed by atoms with Crippen LogP contribution in [-0.2, 0) is 28.1 Å². The fraction of sp³-hybridized carbons (Fsp3) is 0.478. The van der Waals surface area contributed by atoms with Crippen LogP contribution < -0.4 is 10.6 Å². The van der Waals surface area contributed by atoms with Crippen molar-refractivity contribution >= 4 is 17.8 Å². The average Bonchev–Trinajstić information content (AvgIpc) is 3.38. The number of nitrogens with one attached hydrogen (secondary N) is 2. The van der Waals surface area contributed by atoms with Crippen molar-refractivity contribution in [3.63, 3.8) is 0 Å². The van der Waals surface area contributed by atoms with Gasteiger partial charge in [0.1, 0.15) is 11.9 Å². The molecule has 1 saturated carbocycles. The molecular weight excluding hydrogens is 422 g/mol. The third-order valence-electron chi connectivity index (χ3n) is 5.81. The topological polar surface area (TPSA) is 128 Å². The molecule has 2 N–H and O–H groups in total. The second kappa shape index (κ2) is 10.4. The fourth-order valence-corrected chi connectivity index (χ4v) is 4.23. The molecule has 1 aliphatic carbocycles. The summed E-state index contributed by atoms with van der Waals surface area (Å²) in [6.07, 6.45) is 7.84. The monoisotopic (exact) mass is 451 g/mol. The van der Waals surface area contributed by atoms with Gasteiger partial charge in [-0.2, -0.15) is 4.98 Å². The van der Waals surface area contributed by atoms with Crippen molar-refractivity contribution in [3.8, 4) is 0 Å². The molecule has 10 nitrogen and oxygen atoms in total. The van der Waals surface area contributed by atoms with Gasteiger partial charge >= 0.3 is 0 Å². The summed E-state index contributed by atoms with van der Waals surface area (Å²) >= 11 is 0. The van der Waals surface area contributed by atoms with Gasteiger partial charge in [0.05, 0.1) is 6.54 Å². The molecular formula is C23H29N7O3. The summed E-state index contributed by atoms with van der Waals surface area (Å²) < 4.78 is 7.08. The van der Waals surface area contributed by atoms with Gasteiger partial charge in [-0.1, -0.05) is 61.2 Å². The average molecular weight is 452 g/mol. The van der Waals surface area contributed by atoms with Crippen molar-refractivity contribution in [2.75, 3.05) is 5.32 Å². The van der Waals surface area contributed by atoms with E-state index < -0.39 is 5.54 Å². The highest BCUT2D eigenvalue weighted by molar-refractivity contribution is 5.88. The summed E-state index contributed by atoms with van der Waals surface area (Å²) in [5, 5.41) is 14.2. The van der Waals surface area contributed by atoms with E-state index >= 15 is 0 Å². The molecule has 0 bridgehead atoms. The standard InChI is InChI=1S/C23H29N7O3/c1-17(31)27-23(13-7-2-3-8-14-23)21-26-20(33-29-21)12-11-19(32)25-22-24-16-30(28-22)15-18-9-5-4-6-10-18/h4-6,9-10,16H,2-3,7-8,11-15H2,1H3,(H,27,31)(H,25,28,32). The first-order chi connectivity index (χ1) is 16.0. The third-order valence-corrected chi connectivity index (χ3v) is 5.81. The Labute approximate surface area is 192 Å². The summed E-state index contributed by atoms with van der Waals surface area (Å²) in [7, 11) is 0. The molecule has 4 rings (SSSR count). The Kier molecular flexibility index (Phi) is 7.11. The van der Waals surface area contributed by atoms with E-state index in [4.69, 9.17) is 4.52 Å². The Hall–Kier alpha value is -3.56. The number of amides is 2. The molecule has 1 aromatic carbocycles. The van der Waals surface area contributed by atoms with Crippen LogP contribution in [0.3, 0.4) is 0 Å². The second-order valence-corrected chi connectivity index (χ2v) is 8.49. The molecule has 3 aromatic rings. The van der Waals surface area contributed by atoms with Gasteiger partial charge in [-0.25, -0.2) is 9.67 Å². The van der Waals surface area contributed by atoms with E-state index in [0.29, 0.717) is 24.7 Å². The largest absolute Gasteiger partial charge is 0.343 e. The lowest BCUT2D eigenvalue weighted by atomic mass is 9.89. The Morgan fingerprint density at radius 3 is 2.61 bits per heavy atom. The smallest absolute Gasteiger partial charge is 0.248 e. The van der Waals surface area contributed by atoms with Crippen LogP contribution in [0.2, 0.25) is 0 Å². The quantitative estimate of drug-likeness (QED) is 0.504. The van der Waals surface area contributed by atoms with Crippen LogP contribution in [0.5, 0.6) is 0 Å². The lowest BCUT2D eigenvalue weighted by Crippen LogP contribution is -2.45. The van der Waals surface area contributed by atoms with Gasteiger partial charge in [0.2, 0.25) is 23.7 Å². The molecule has 0 radical (unpaired) electrons. The number of nitrogens with zero attached hydrogens (tertiary/aromatic N) is 5. The van der Waals surface area contributed by atoms with Gasteiger partial charge in [0.15, 0.2) is 5.82 Å². The summed E-state index contributed by atoms with van der Waals surface area (Å²) in [5.41, 5.74) is 0.500. The number of carbonyl (C=O) groups is 2. The first-order valence-corrected chi connectivity index (χ1v) is 11.4. The van der Waals surface area contributed by atoms with E-state index in [1.54, 1.807) is 11.0 Å². The van der Waals surface area contributed by atoms with Crippen molar-refractivity contribution < 1.29 is 14.1 Å². The predicted molar refractivity (Wildman–Crippen MR) is 120 cm³/mol. The van der Waals surface area contributed by atoms with Crippen molar-refractivity contribution in [3.05, 3.63) is 53.9 Å². The van der Waals surface area contributed by atoms with Gasteiger partial charge in [-0.15, -0.1) is 5.10 Å². The van der Waals surface area contributed by atoms with Gasteiger partial charge in [0, 0.05) is 19.8 Å². The lowest BCUT2D eigenvalue weighted by molar-refractivity contribution is -0.121. The van der Waals surface area contributed by atoms with E-state index in [2.05, 4.69) is 30.9 Å². The summed E-state index contributed by atoms with van der Waals surface area (Å²) in [6.45, 7) is 2.08. The van der Waals surface area contributed by atoms with Crippen molar-refractivity contribution in [2.45, 2.75) is 70.4 Å². The number of anilines is 1. The Bertz CT molecular complexity index is 1070. The van der Waals surface area contributed by atoms with Crippen LogP contribution in [0.25, 0.3) is 0 Å². The Morgan fingerprint density at radius 1 is 1.12 bits per heavy atom. The number of aromatic nitrogens is 5. The molecule has 0 saturated heterocycles. The first kappa shape index (κ1) is 22.6. The van der Waals surface area contributed by atoms with Gasteiger partial charge in [-0.3, -0.25) is 14.9 Å². The highest BCUT2D eigenvalue weighted by atomic mass is 16.5. The summed E-state index contributed by atoms with van der Waals surface area (Å²) in [6, 6.07) is 9.89. The number of hydrogen-bond acceptors (Lipinski definition) is 7. The molecule has 0 atom stereocenters. The van der Waals surface area contributed by atoms with E-state index in [-0.39, 0.29) is 24.2 Å². The van der Waals surface area contributed by atoms with E-state index in [1.807, 2.05) is 30.3 Å². The van der Waals surface area contributed by atoms with Crippen LogP contribution in [0.4, 0.5) is 5.95 Å². The van der Waals surface area contributed by atoms with Crippen LogP contribution in [0.15, 0.2) is 41.2 Å². The van der Waals surface area contributed by atoms with Crippen molar-refractivity contribution in [2.24, 2.45) is 0 Å². The minimum absolute atomic E-state index is 0.109.